The number of rotatable bonds is 5. The highest BCUT2D eigenvalue weighted by Crippen LogP contribution is 2.52. The normalized spacial score (nSPS) is 19.9. The van der Waals surface area contributed by atoms with E-state index in [0.29, 0.717) is 53.1 Å². The summed E-state index contributed by atoms with van der Waals surface area (Å²) >= 11 is 0. The van der Waals surface area contributed by atoms with E-state index in [1.807, 2.05) is 37.3 Å². The molecular formula is C37H36F2N8O3. The number of nitrogens with two attached hydrogens (primary N) is 1. The van der Waals surface area contributed by atoms with E-state index in [9.17, 15) is 14.0 Å². The minimum absolute atomic E-state index is 0.0586. The number of halogens is 2. The van der Waals surface area contributed by atoms with Crippen LogP contribution < -0.4 is 11.4 Å². The number of aromatic nitrogens is 6. The molecule has 1 aliphatic carbocycles. The van der Waals surface area contributed by atoms with Gasteiger partial charge in [0.15, 0.2) is 5.82 Å². The quantitative estimate of drug-likeness (QED) is 0.251. The average Bonchev–Trinajstić information content (AvgIpc) is 3.79. The summed E-state index contributed by atoms with van der Waals surface area (Å²) in [6, 6.07) is 15.4. The van der Waals surface area contributed by atoms with Crippen molar-refractivity contribution in [1.82, 2.24) is 33.6 Å². The maximum atomic E-state index is 15.9. The van der Waals surface area contributed by atoms with E-state index < -0.39 is 29.1 Å². The molecule has 1 spiro atoms. The molecular weight excluding hydrogens is 642 g/mol. The molecule has 13 heteroatoms. The fraction of sp³-hybridized carbons (Fsp3) is 0.297. The number of hydrogen-bond donors (Lipinski definition) is 1. The van der Waals surface area contributed by atoms with Gasteiger partial charge in [0.2, 0.25) is 0 Å². The highest BCUT2D eigenvalue weighted by Gasteiger charge is 2.55. The second-order valence-corrected chi connectivity index (χ2v) is 13.6. The van der Waals surface area contributed by atoms with Crippen molar-refractivity contribution in [3.05, 3.63) is 123 Å². The summed E-state index contributed by atoms with van der Waals surface area (Å²) in [4.78, 5) is 29.9. The van der Waals surface area contributed by atoms with Gasteiger partial charge in [-0.2, -0.15) is 10.2 Å². The van der Waals surface area contributed by atoms with Crippen LogP contribution in [0.15, 0.2) is 78.0 Å². The van der Waals surface area contributed by atoms with Crippen molar-refractivity contribution in [3.63, 3.8) is 0 Å². The minimum Gasteiger partial charge on any atom is -0.445 e. The number of carbonyl (C=O) groups is 1. The number of fused-ring (bicyclic) bond motifs is 3. The Hall–Kier alpha value is -5.56. The van der Waals surface area contributed by atoms with E-state index in [1.165, 1.54) is 21.5 Å². The van der Waals surface area contributed by atoms with Crippen LogP contribution in [-0.4, -0.2) is 52.3 Å². The first kappa shape index (κ1) is 31.7. The van der Waals surface area contributed by atoms with Crippen molar-refractivity contribution in [1.29, 1.82) is 0 Å². The monoisotopic (exact) mass is 678 g/mol. The molecule has 256 valence electrons. The zero-order valence-electron chi connectivity index (χ0n) is 28.1. The zero-order valence-corrected chi connectivity index (χ0v) is 28.1. The summed E-state index contributed by atoms with van der Waals surface area (Å²) in [7, 11) is 1.72. The fourth-order valence-electron chi connectivity index (χ4n) is 7.73. The molecule has 1 amide bonds. The van der Waals surface area contributed by atoms with Crippen LogP contribution in [0.25, 0.3) is 28.1 Å². The van der Waals surface area contributed by atoms with Gasteiger partial charge in [0.25, 0.3) is 0 Å². The number of carbonyl (C=O) groups excluding carboxylic acids is 1. The van der Waals surface area contributed by atoms with Crippen molar-refractivity contribution < 1.29 is 18.3 Å². The van der Waals surface area contributed by atoms with Crippen molar-refractivity contribution in [2.24, 2.45) is 12.8 Å². The summed E-state index contributed by atoms with van der Waals surface area (Å²) in [5.74, 6) is -0.553. The second-order valence-electron chi connectivity index (χ2n) is 13.6. The van der Waals surface area contributed by atoms with E-state index >= 15 is 4.39 Å². The van der Waals surface area contributed by atoms with Gasteiger partial charge < -0.3 is 15.4 Å². The van der Waals surface area contributed by atoms with Gasteiger partial charge in [0.05, 0.1) is 40.2 Å². The van der Waals surface area contributed by atoms with Crippen LogP contribution in [-0.2, 0) is 23.8 Å². The molecule has 0 bridgehead atoms. The Labute approximate surface area is 286 Å². The molecule has 0 saturated heterocycles. The third-order valence-electron chi connectivity index (χ3n) is 10.3. The van der Waals surface area contributed by atoms with E-state index in [0.717, 1.165) is 11.3 Å². The molecule has 3 aromatic heterocycles. The summed E-state index contributed by atoms with van der Waals surface area (Å²) in [5.41, 5.74) is 9.47. The molecule has 1 atom stereocenters. The van der Waals surface area contributed by atoms with Gasteiger partial charge in [0.1, 0.15) is 18.2 Å². The maximum Gasteiger partial charge on any atom is 0.410 e. The maximum absolute atomic E-state index is 15.9. The fourth-order valence-corrected chi connectivity index (χ4v) is 7.73. The van der Waals surface area contributed by atoms with E-state index in [2.05, 4.69) is 5.10 Å². The Bertz CT molecular complexity index is 2340. The Kier molecular flexibility index (Phi) is 7.30. The lowest BCUT2D eigenvalue weighted by Crippen LogP contribution is -2.59. The number of imidazole rings is 1. The molecule has 8 rings (SSSR count). The van der Waals surface area contributed by atoms with Crippen LogP contribution in [0.1, 0.15) is 53.8 Å². The Morgan fingerprint density at radius 1 is 1.02 bits per heavy atom. The van der Waals surface area contributed by atoms with Gasteiger partial charge >= 0.3 is 11.8 Å². The molecule has 0 unspecified atom stereocenters. The summed E-state index contributed by atoms with van der Waals surface area (Å²) in [6.45, 7) is 5.65. The van der Waals surface area contributed by atoms with Crippen molar-refractivity contribution >= 4 is 17.0 Å². The first-order valence-corrected chi connectivity index (χ1v) is 16.5. The smallest absolute Gasteiger partial charge is 0.410 e. The van der Waals surface area contributed by atoms with Crippen molar-refractivity contribution in [2.75, 3.05) is 6.54 Å². The summed E-state index contributed by atoms with van der Waals surface area (Å²) in [5, 5.41) is 9.59. The SMILES string of the molecule is Cc1cc(-n2nc3c(c2-n2ccn(-c4ccc5c(cnn5C)c4F)c2=O)[C@H](C)N(C(=O)OCc2ccccc2)CC32CC(N)C2)cc(C)c1F. The lowest BCUT2D eigenvalue weighted by molar-refractivity contribution is 0.0419. The molecule has 11 nitrogen and oxygen atoms in total. The third-order valence-corrected chi connectivity index (χ3v) is 10.3. The predicted octanol–water partition coefficient (Wildman–Crippen LogP) is 5.67. The number of hydrogen-bond acceptors (Lipinski definition) is 6. The van der Waals surface area contributed by atoms with Gasteiger partial charge in [-0.05, 0) is 74.6 Å². The average molecular weight is 679 g/mol. The van der Waals surface area contributed by atoms with Gasteiger partial charge in [-0.15, -0.1) is 0 Å². The van der Waals surface area contributed by atoms with Gasteiger partial charge in [0, 0.05) is 43.0 Å². The Balaban J connectivity index is 1.31. The third kappa shape index (κ3) is 4.78. The Morgan fingerprint density at radius 3 is 2.42 bits per heavy atom. The number of aryl methyl sites for hydroxylation is 3. The summed E-state index contributed by atoms with van der Waals surface area (Å²) in [6.07, 6.45) is 5.12. The van der Waals surface area contributed by atoms with E-state index in [1.54, 1.807) is 65.6 Å². The van der Waals surface area contributed by atoms with Crippen LogP contribution in [0.2, 0.25) is 0 Å². The highest BCUT2D eigenvalue weighted by molar-refractivity contribution is 5.81. The largest absolute Gasteiger partial charge is 0.445 e. The van der Waals surface area contributed by atoms with Crippen LogP contribution in [0, 0.1) is 25.5 Å². The van der Waals surface area contributed by atoms with E-state index in [-0.39, 0.29) is 29.5 Å². The van der Waals surface area contributed by atoms with Crippen molar-refractivity contribution in [2.45, 2.75) is 57.7 Å². The van der Waals surface area contributed by atoms with Gasteiger partial charge in [-0.25, -0.2) is 23.1 Å². The standard InChI is InChI=1S/C37H36F2N8O3/c1-21-14-26(15-22(2)31(21)38)47-34(45-13-12-44(35(45)48)29-11-10-28-27(32(29)39)18-41-43(28)4)30-23(3)46(20-37(33(30)42-47)16-25(40)17-37)36(49)50-19-24-8-6-5-7-9-24/h5-15,18,23,25H,16-17,19-20,40H2,1-4H3/t23-,25?,37?/m0/s1. The molecule has 2 aliphatic rings. The number of ether oxygens (including phenoxy) is 1. The van der Waals surface area contributed by atoms with Crippen LogP contribution >= 0.6 is 0 Å². The van der Waals surface area contributed by atoms with Crippen molar-refractivity contribution in [3.8, 4) is 17.2 Å². The topological polar surface area (TPSA) is 118 Å². The van der Waals surface area contributed by atoms with Crippen LogP contribution in [0.3, 0.4) is 0 Å². The molecule has 3 aromatic carbocycles. The highest BCUT2D eigenvalue weighted by atomic mass is 19.1. The molecule has 6 aromatic rings. The van der Waals surface area contributed by atoms with Gasteiger partial charge in [-0.1, -0.05) is 30.3 Å². The molecule has 1 aliphatic heterocycles. The molecule has 2 N–H and O–H groups in total. The number of nitrogens with zero attached hydrogens (tertiary/aromatic N) is 7. The molecule has 50 heavy (non-hydrogen) atoms. The zero-order chi connectivity index (χ0) is 35.1. The van der Waals surface area contributed by atoms with Crippen LogP contribution in [0.4, 0.5) is 13.6 Å². The predicted molar refractivity (Wildman–Crippen MR) is 183 cm³/mol. The van der Waals surface area contributed by atoms with Crippen LogP contribution in [0.5, 0.6) is 0 Å². The molecule has 1 saturated carbocycles. The first-order valence-electron chi connectivity index (χ1n) is 16.5. The van der Waals surface area contributed by atoms with E-state index in [4.69, 9.17) is 15.6 Å². The minimum atomic E-state index is -0.596. The number of amides is 1. The lowest BCUT2D eigenvalue weighted by Gasteiger charge is -2.52. The Morgan fingerprint density at radius 2 is 1.72 bits per heavy atom. The second kappa shape index (κ2) is 11.5. The number of benzene rings is 3. The molecule has 4 heterocycles. The van der Waals surface area contributed by atoms with Gasteiger partial charge in [-0.3, -0.25) is 13.8 Å². The molecule has 0 radical (unpaired) electrons. The molecule has 1 fully saturated rings. The lowest BCUT2D eigenvalue weighted by atomic mass is 9.60. The first-order chi connectivity index (χ1) is 24.0. The summed E-state index contributed by atoms with van der Waals surface area (Å²) < 4.78 is 42.5.